The maximum Gasteiger partial charge on any atom is 0.573 e. The second kappa shape index (κ2) is 7.62. The van der Waals surface area contributed by atoms with Gasteiger partial charge in [0.05, 0.1) is 12.0 Å². The SMILES string of the molecule is COc1ccc(C(=O)NNS(=O)(=O)c2ccc(OC(F)(F)F)cc2)cc1. The molecule has 0 aliphatic carbocycles. The summed E-state index contributed by atoms with van der Waals surface area (Å²) in [6.45, 7) is 0. The molecule has 2 aromatic carbocycles. The average Bonchev–Trinajstić information content (AvgIpc) is 2.59. The Morgan fingerprint density at radius 1 is 0.962 bits per heavy atom. The number of methoxy groups -OCH3 is 1. The first-order valence-electron chi connectivity index (χ1n) is 6.93. The minimum Gasteiger partial charge on any atom is -0.497 e. The largest absolute Gasteiger partial charge is 0.573 e. The lowest BCUT2D eigenvalue weighted by Gasteiger charge is -2.11. The van der Waals surface area contributed by atoms with Crippen molar-refractivity contribution >= 4 is 15.9 Å². The van der Waals surface area contributed by atoms with Crippen molar-refractivity contribution in [3.8, 4) is 11.5 Å². The van der Waals surface area contributed by atoms with Crippen molar-refractivity contribution in [2.75, 3.05) is 7.11 Å². The standard InChI is InChI=1S/C15H13F3N2O5S/c1-24-11-4-2-10(3-5-11)14(21)19-20-26(22,23)13-8-6-12(7-9-13)25-15(16,17)18/h2-9,20H,1H3,(H,19,21). The van der Waals surface area contributed by atoms with Crippen LogP contribution in [0.25, 0.3) is 0 Å². The first kappa shape index (κ1) is 19.5. The second-order valence-electron chi connectivity index (χ2n) is 4.81. The number of alkyl halides is 3. The van der Waals surface area contributed by atoms with E-state index in [1.807, 2.05) is 10.3 Å². The van der Waals surface area contributed by atoms with Gasteiger partial charge < -0.3 is 9.47 Å². The maximum absolute atomic E-state index is 12.1. The van der Waals surface area contributed by atoms with Crippen LogP contribution < -0.4 is 19.7 Å². The lowest BCUT2D eigenvalue weighted by molar-refractivity contribution is -0.274. The van der Waals surface area contributed by atoms with E-state index < -0.39 is 28.0 Å². The van der Waals surface area contributed by atoms with Gasteiger partial charge in [-0.3, -0.25) is 10.2 Å². The van der Waals surface area contributed by atoms with Crippen LogP contribution in [0.15, 0.2) is 53.4 Å². The average molecular weight is 390 g/mol. The van der Waals surface area contributed by atoms with Crippen LogP contribution in [-0.4, -0.2) is 27.8 Å². The Bertz CT molecular complexity index is 866. The molecule has 26 heavy (non-hydrogen) atoms. The Kier molecular flexibility index (Phi) is 5.73. The zero-order valence-electron chi connectivity index (χ0n) is 13.2. The fraction of sp³-hybridized carbons (Fsp3) is 0.133. The predicted molar refractivity (Wildman–Crippen MR) is 83.9 cm³/mol. The van der Waals surface area contributed by atoms with Crippen molar-refractivity contribution in [1.82, 2.24) is 10.3 Å². The molecule has 0 fully saturated rings. The van der Waals surface area contributed by atoms with Gasteiger partial charge in [0.1, 0.15) is 11.5 Å². The summed E-state index contributed by atoms with van der Waals surface area (Å²) in [6.07, 6.45) is -4.88. The zero-order chi connectivity index (χ0) is 19.4. The third kappa shape index (κ3) is 5.36. The molecule has 0 aliphatic heterocycles. The fourth-order valence-electron chi connectivity index (χ4n) is 1.81. The maximum atomic E-state index is 12.1. The number of hydrazine groups is 1. The van der Waals surface area contributed by atoms with Crippen molar-refractivity contribution < 1.29 is 35.9 Å². The van der Waals surface area contributed by atoms with Crippen LogP contribution in [0.1, 0.15) is 10.4 Å². The molecule has 140 valence electrons. The first-order chi connectivity index (χ1) is 12.1. The summed E-state index contributed by atoms with van der Waals surface area (Å²) in [7, 11) is -2.73. The Hall–Kier alpha value is -2.79. The van der Waals surface area contributed by atoms with Gasteiger partial charge >= 0.3 is 6.36 Å². The number of rotatable bonds is 6. The van der Waals surface area contributed by atoms with E-state index in [0.29, 0.717) is 5.75 Å². The van der Waals surface area contributed by atoms with Gasteiger partial charge in [0, 0.05) is 5.56 Å². The number of carbonyl (C=O) groups is 1. The van der Waals surface area contributed by atoms with Crippen LogP contribution in [0.4, 0.5) is 13.2 Å². The minimum atomic E-state index is -4.88. The highest BCUT2D eigenvalue weighted by Crippen LogP contribution is 2.23. The highest BCUT2D eigenvalue weighted by molar-refractivity contribution is 7.89. The number of nitrogens with one attached hydrogen (secondary N) is 2. The van der Waals surface area contributed by atoms with Gasteiger partial charge in [-0.25, -0.2) is 8.42 Å². The summed E-state index contributed by atoms with van der Waals surface area (Å²) in [4.78, 5) is 13.4. The smallest absolute Gasteiger partial charge is 0.497 e. The molecular weight excluding hydrogens is 377 g/mol. The molecule has 0 spiro atoms. The number of hydrogen-bond donors (Lipinski definition) is 2. The number of hydrogen-bond acceptors (Lipinski definition) is 5. The van der Waals surface area contributed by atoms with Crippen molar-refractivity contribution in [3.63, 3.8) is 0 Å². The molecule has 0 aromatic heterocycles. The molecule has 0 saturated heterocycles. The van der Waals surface area contributed by atoms with E-state index in [-0.39, 0.29) is 10.5 Å². The quantitative estimate of drug-likeness (QED) is 0.738. The molecule has 0 saturated carbocycles. The van der Waals surface area contributed by atoms with Gasteiger partial charge in [0.2, 0.25) is 0 Å². The van der Waals surface area contributed by atoms with Gasteiger partial charge in [-0.15, -0.1) is 18.0 Å². The molecular formula is C15H13F3N2O5S. The highest BCUT2D eigenvalue weighted by Gasteiger charge is 2.31. The summed E-state index contributed by atoms with van der Waals surface area (Å²) in [5.74, 6) is -0.782. The van der Waals surface area contributed by atoms with E-state index in [2.05, 4.69) is 4.74 Å². The molecule has 2 rings (SSSR count). The molecule has 11 heteroatoms. The summed E-state index contributed by atoms with van der Waals surface area (Å²) in [5, 5.41) is 0. The van der Waals surface area contributed by atoms with E-state index in [0.717, 1.165) is 24.3 Å². The van der Waals surface area contributed by atoms with E-state index in [4.69, 9.17) is 4.74 Å². The van der Waals surface area contributed by atoms with Crippen LogP contribution in [-0.2, 0) is 10.0 Å². The van der Waals surface area contributed by atoms with Crippen molar-refractivity contribution in [1.29, 1.82) is 0 Å². The summed E-state index contributed by atoms with van der Waals surface area (Å²) >= 11 is 0. The van der Waals surface area contributed by atoms with E-state index >= 15 is 0 Å². The molecule has 0 heterocycles. The highest BCUT2D eigenvalue weighted by atomic mass is 32.2. The molecule has 1 amide bonds. The predicted octanol–water partition coefficient (Wildman–Crippen LogP) is 2.22. The Balaban J connectivity index is 2.02. The van der Waals surface area contributed by atoms with E-state index in [1.54, 1.807) is 0 Å². The Labute approximate surface area is 146 Å². The van der Waals surface area contributed by atoms with Gasteiger partial charge in [0.15, 0.2) is 0 Å². The molecule has 0 radical (unpaired) electrons. The summed E-state index contributed by atoms with van der Waals surface area (Å²) in [6, 6.07) is 9.37. The van der Waals surface area contributed by atoms with Crippen LogP contribution >= 0.6 is 0 Å². The molecule has 0 bridgehead atoms. The lowest BCUT2D eigenvalue weighted by atomic mass is 10.2. The Morgan fingerprint density at radius 2 is 1.50 bits per heavy atom. The molecule has 2 N–H and O–H groups in total. The van der Waals surface area contributed by atoms with Crippen LogP contribution in [0.5, 0.6) is 11.5 Å². The normalized spacial score (nSPS) is 11.7. The van der Waals surface area contributed by atoms with E-state index in [9.17, 15) is 26.4 Å². The number of sulfonamides is 1. The number of benzene rings is 2. The van der Waals surface area contributed by atoms with Gasteiger partial charge in [-0.05, 0) is 48.5 Å². The first-order valence-corrected chi connectivity index (χ1v) is 8.41. The third-order valence-electron chi connectivity index (χ3n) is 3.02. The van der Waals surface area contributed by atoms with Gasteiger partial charge in [-0.1, -0.05) is 0 Å². The van der Waals surface area contributed by atoms with Crippen molar-refractivity contribution in [2.45, 2.75) is 11.3 Å². The fourth-order valence-corrected chi connectivity index (χ4v) is 2.65. The number of halogens is 3. The van der Waals surface area contributed by atoms with E-state index in [1.165, 1.54) is 31.4 Å². The van der Waals surface area contributed by atoms with Crippen LogP contribution in [0, 0.1) is 0 Å². The number of amides is 1. The topological polar surface area (TPSA) is 93.7 Å². The van der Waals surface area contributed by atoms with Crippen LogP contribution in [0.3, 0.4) is 0 Å². The third-order valence-corrected chi connectivity index (χ3v) is 4.28. The lowest BCUT2D eigenvalue weighted by Crippen LogP contribution is -2.41. The monoisotopic (exact) mass is 390 g/mol. The van der Waals surface area contributed by atoms with Gasteiger partial charge in [0.25, 0.3) is 15.9 Å². The Morgan fingerprint density at radius 3 is 2.00 bits per heavy atom. The second-order valence-corrected chi connectivity index (χ2v) is 6.49. The molecule has 0 unspecified atom stereocenters. The molecule has 0 atom stereocenters. The minimum absolute atomic E-state index is 0.169. The van der Waals surface area contributed by atoms with Gasteiger partial charge in [-0.2, -0.15) is 0 Å². The number of ether oxygens (including phenoxy) is 2. The summed E-state index contributed by atoms with van der Waals surface area (Å²) in [5.41, 5.74) is 2.17. The number of carbonyl (C=O) groups excluding carboxylic acids is 1. The zero-order valence-corrected chi connectivity index (χ0v) is 14.0. The molecule has 2 aromatic rings. The molecule has 0 aliphatic rings. The van der Waals surface area contributed by atoms with Crippen molar-refractivity contribution in [3.05, 3.63) is 54.1 Å². The van der Waals surface area contributed by atoms with Crippen molar-refractivity contribution in [2.24, 2.45) is 0 Å². The molecule has 7 nitrogen and oxygen atoms in total. The summed E-state index contributed by atoms with van der Waals surface area (Å²) < 4.78 is 69.0. The van der Waals surface area contributed by atoms with Crippen LogP contribution in [0.2, 0.25) is 0 Å².